The van der Waals surface area contributed by atoms with Crippen molar-refractivity contribution in [2.45, 2.75) is 18.8 Å². The summed E-state index contributed by atoms with van der Waals surface area (Å²) in [5, 5.41) is 22.0. The van der Waals surface area contributed by atoms with Crippen molar-refractivity contribution in [2.75, 3.05) is 13.1 Å². The predicted molar refractivity (Wildman–Crippen MR) is 109 cm³/mol. The molecular formula is C22H21N5O. The molecule has 0 spiro atoms. The molecule has 0 radical (unpaired) electrons. The first-order valence-corrected chi connectivity index (χ1v) is 9.60. The van der Waals surface area contributed by atoms with Crippen LogP contribution in [0.1, 0.15) is 24.3 Å². The summed E-state index contributed by atoms with van der Waals surface area (Å²) < 4.78 is 2.01. The third-order valence-electron chi connectivity index (χ3n) is 5.47. The van der Waals surface area contributed by atoms with Gasteiger partial charge in [-0.3, -0.25) is 4.57 Å². The van der Waals surface area contributed by atoms with Gasteiger partial charge in [0.25, 0.3) is 0 Å². The molecular weight excluding hydrogens is 350 g/mol. The van der Waals surface area contributed by atoms with Gasteiger partial charge in [-0.1, -0.05) is 24.3 Å². The zero-order chi connectivity index (χ0) is 18.9. The smallest absolute Gasteiger partial charge is 0.200 e. The van der Waals surface area contributed by atoms with Crippen LogP contribution in [-0.2, 0) is 0 Å². The van der Waals surface area contributed by atoms with Crippen LogP contribution in [0.4, 0.5) is 0 Å². The number of rotatable bonds is 3. The molecule has 1 aliphatic heterocycles. The van der Waals surface area contributed by atoms with Crippen LogP contribution in [0.5, 0.6) is 5.75 Å². The normalized spacial score (nSPS) is 15.1. The number of hydrogen-bond acceptors (Lipinski definition) is 5. The van der Waals surface area contributed by atoms with Gasteiger partial charge in [0.1, 0.15) is 12.1 Å². The van der Waals surface area contributed by atoms with E-state index >= 15 is 0 Å². The van der Waals surface area contributed by atoms with E-state index in [9.17, 15) is 5.11 Å². The van der Waals surface area contributed by atoms with Gasteiger partial charge in [0.05, 0.1) is 11.2 Å². The van der Waals surface area contributed by atoms with E-state index in [2.05, 4.69) is 44.8 Å². The fraction of sp³-hybridized carbons (Fsp3) is 0.227. The lowest BCUT2D eigenvalue weighted by atomic mass is 9.90. The van der Waals surface area contributed by atoms with Crippen LogP contribution in [0.15, 0.2) is 60.9 Å². The zero-order valence-corrected chi connectivity index (χ0v) is 15.4. The quantitative estimate of drug-likeness (QED) is 0.575. The van der Waals surface area contributed by atoms with Crippen molar-refractivity contribution in [2.24, 2.45) is 0 Å². The lowest BCUT2D eigenvalue weighted by molar-refractivity contribution is 0.460. The van der Waals surface area contributed by atoms with E-state index < -0.39 is 0 Å². The van der Waals surface area contributed by atoms with Gasteiger partial charge in [-0.15, -0.1) is 10.2 Å². The lowest BCUT2D eigenvalue weighted by Gasteiger charge is -2.23. The number of phenols is 1. The SMILES string of the molecule is Oc1ccccc1-c1cc2c(ncn2-c2ccc(C3CCNCC3)cc2)nn1. The Morgan fingerprint density at radius 3 is 2.54 bits per heavy atom. The number of phenolic OH excluding ortho intramolecular Hbond substituents is 1. The highest BCUT2D eigenvalue weighted by atomic mass is 16.3. The second-order valence-electron chi connectivity index (χ2n) is 7.19. The fourth-order valence-corrected chi connectivity index (χ4v) is 3.91. The number of benzene rings is 2. The van der Waals surface area contributed by atoms with Gasteiger partial charge in [-0.2, -0.15) is 0 Å². The topological polar surface area (TPSA) is 75.9 Å². The minimum atomic E-state index is 0.188. The Balaban J connectivity index is 1.52. The Kier molecular flexibility index (Phi) is 4.25. The molecule has 3 heterocycles. The van der Waals surface area contributed by atoms with Crippen LogP contribution in [0, 0.1) is 0 Å². The maximum atomic E-state index is 10.1. The van der Waals surface area contributed by atoms with Crippen molar-refractivity contribution in [3.05, 3.63) is 66.5 Å². The number of para-hydroxylation sites is 1. The van der Waals surface area contributed by atoms with Crippen LogP contribution in [-0.4, -0.2) is 37.9 Å². The predicted octanol–water partition coefficient (Wildman–Crippen LogP) is 3.66. The van der Waals surface area contributed by atoms with E-state index in [1.54, 1.807) is 18.5 Å². The van der Waals surface area contributed by atoms with Crippen molar-refractivity contribution >= 4 is 11.2 Å². The molecule has 140 valence electrons. The molecule has 0 amide bonds. The van der Waals surface area contributed by atoms with Crippen LogP contribution < -0.4 is 5.32 Å². The molecule has 6 heteroatoms. The fourth-order valence-electron chi connectivity index (χ4n) is 3.91. The maximum absolute atomic E-state index is 10.1. The summed E-state index contributed by atoms with van der Waals surface area (Å²) in [5.74, 6) is 0.821. The molecule has 1 fully saturated rings. The Bertz CT molecular complexity index is 1110. The summed E-state index contributed by atoms with van der Waals surface area (Å²) in [5.41, 5.74) is 5.16. The average molecular weight is 371 g/mol. The number of hydrogen-bond donors (Lipinski definition) is 2. The summed E-state index contributed by atoms with van der Waals surface area (Å²) in [4.78, 5) is 4.38. The first kappa shape index (κ1) is 16.9. The molecule has 2 N–H and O–H groups in total. The monoisotopic (exact) mass is 371 g/mol. The summed E-state index contributed by atoms with van der Waals surface area (Å²) in [6, 6.07) is 17.8. The molecule has 6 nitrogen and oxygen atoms in total. The Morgan fingerprint density at radius 2 is 1.75 bits per heavy atom. The van der Waals surface area contributed by atoms with Crippen LogP contribution in [0.25, 0.3) is 28.1 Å². The van der Waals surface area contributed by atoms with Crippen molar-refractivity contribution in [1.82, 2.24) is 25.1 Å². The highest BCUT2D eigenvalue weighted by molar-refractivity contribution is 5.79. The molecule has 0 unspecified atom stereocenters. The minimum Gasteiger partial charge on any atom is -0.507 e. The van der Waals surface area contributed by atoms with Crippen LogP contribution in [0.2, 0.25) is 0 Å². The number of nitrogens with zero attached hydrogens (tertiary/aromatic N) is 4. The standard InChI is InChI=1S/C22H21N5O/c28-21-4-2-1-3-18(21)19-13-20-22(26-25-19)24-14-27(20)17-7-5-15(6-8-17)16-9-11-23-12-10-16/h1-8,13-14,16,23,28H,9-12H2. The van der Waals surface area contributed by atoms with Gasteiger partial charge in [0.15, 0.2) is 5.65 Å². The largest absolute Gasteiger partial charge is 0.507 e. The lowest BCUT2D eigenvalue weighted by Crippen LogP contribution is -2.26. The number of piperidine rings is 1. The van der Waals surface area contributed by atoms with Gasteiger partial charge < -0.3 is 10.4 Å². The summed E-state index contributed by atoms with van der Waals surface area (Å²) >= 11 is 0. The van der Waals surface area contributed by atoms with E-state index in [1.165, 1.54) is 18.4 Å². The van der Waals surface area contributed by atoms with Crippen molar-refractivity contribution in [1.29, 1.82) is 0 Å². The van der Waals surface area contributed by atoms with Gasteiger partial charge in [0.2, 0.25) is 0 Å². The number of aromatic nitrogens is 4. The van der Waals surface area contributed by atoms with Crippen molar-refractivity contribution in [3.63, 3.8) is 0 Å². The zero-order valence-electron chi connectivity index (χ0n) is 15.4. The van der Waals surface area contributed by atoms with E-state index in [1.807, 2.05) is 22.8 Å². The molecule has 0 saturated carbocycles. The Labute approximate surface area is 162 Å². The van der Waals surface area contributed by atoms with Gasteiger partial charge in [-0.05, 0) is 67.7 Å². The molecule has 2 aromatic carbocycles. The molecule has 1 aliphatic rings. The summed E-state index contributed by atoms with van der Waals surface area (Å²) in [6.07, 6.45) is 4.15. The highest BCUT2D eigenvalue weighted by Crippen LogP contribution is 2.30. The molecule has 0 atom stereocenters. The van der Waals surface area contributed by atoms with Crippen LogP contribution in [0.3, 0.4) is 0 Å². The van der Waals surface area contributed by atoms with Crippen LogP contribution >= 0.6 is 0 Å². The molecule has 28 heavy (non-hydrogen) atoms. The summed E-state index contributed by atoms with van der Waals surface area (Å²) in [6.45, 7) is 2.18. The van der Waals surface area contributed by atoms with Gasteiger partial charge in [-0.25, -0.2) is 4.98 Å². The van der Waals surface area contributed by atoms with E-state index in [0.29, 0.717) is 22.8 Å². The maximum Gasteiger partial charge on any atom is 0.200 e. The van der Waals surface area contributed by atoms with E-state index in [-0.39, 0.29) is 5.75 Å². The molecule has 4 aromatic rings. The number of fused-ring (bicyclic) bond motifs is 1. The Hall–Kier alpha value is -3.25. The van der Waals surface area contributed by atoms with E-state index in [4.69, 9.17) is 0 Å². The Morgan fingerprint density at radius 1 is 0.964 bits per heavy atom. The van der Waals surface area contributed by atoms with Crippen molar-refractivity contribution in [3.8, 4) is 22.7 Å². The highest BCUT2D eigenvalue weighted by Gasteiger charge is 2.16. The third kappa shape index (κ3) is 3.01. The number of nitrogens with one attached hydrogen (secondary N) is 1. The third-order valence-corrected chi connectivity index (χ3v) is 5.47. The van der Waals surface area contributed by atoms with E-state index in [0.717, 1.165) is 24.3 Å². The molecule has 5 rings (SSSR count). The second-order valence-corrected chi connectivity index (χ2v) is 7.19. The summed E-state index contributed by atoms with van der Waals surface area (Å²) in [7, 11) is 0. The average Bonchev–Trinajstić information content (AvgIpc) is 3.18. The van der Waals surface area contributed by atoms with Crippen molar-refractivity contribution < 1.29 is 5.11 Å². The molecule has 1 saturated heterocycles. The molecule has 0 aliphatic carbocycles. The van der Waals surface area contributed by atoms with Gasteiger partial charge >= 0.3 is 0 Å². The first-order chi connectivity index (χ1) is 13.8. The molecule has 0 bridgehead atoms. The molecule has 2 aromatic heterocycles. The first-order valence-electron chi connectivity index (χ1n) is 9.60. The second kappa shape index (κ2) is 7.05. The minimum absolute atomic E-state index is 0.188. The number of imidazole rings is 1. The van der Waals surface area contributed by atoms with Gasteiger partial charge in [0, 0.05) is 11.3 Å². The number of aromatic hydroxyl groups is 1.